The van der Waals surface area contributed by atoms with Crippen LogP contribution in [0.25, 0.3) is 0 Å². The van der Waals surface area contributed by atoms with Crippen LogP contribution in [0.3, 0.4) is 0 Å². The Kier molecular flexibility index (Phi) is 5.10. The van der Waals surface area contributed by atoms with Gasteiger partial charge in [0, 0.05) is 25.7 Å². The standard InChI is InChI=1S/C14H19N3O4/c15-9-11-4-5-13(12(8-11)17(19)20)21-10-14(18)16-6-2-1-3-7-16/h4-5,8H,1-3,6-7,9-10,15H2. The molecule has 7 heteroatoms. The molecule has 0 spiro atoms. The minimum absolute atomic E-state index is 0.0996. The van der Waals surface area contributed by atoms with Gasteiger partial charge in [-0.3, -0.25) is 14.9 Å². The van der Waals surface area contributed by atoms with Crippen molar-refractivity contribution in [1.29, 1.82) is 0 Å². The second kappa shape index (κ2) is 7.03. The summed E-state index contributed by atoms with van der Waals surface area (Å²) < 4.78 is 5.34. The molecule has 2 N–H and O–H groups in total. The second-order valence-corrected chi connectivity index (χ2v) is 4.99. The van der Waals surface area contributed by atoms with Crippen LogP contribution in [-0.4, -0.2) is 35.4 Å². The van der Waals surface area contributed by atoms with Crippen LogP contribution in [-0.2, 0) is 11.3 Å². The highest BCUT2D eigenvalue weighted by molar-refractivity contribution is 5.78. The Bertz CT molecular complexity index is 527. The molecule has 0 bridgehead atoms. The number of piperidine rings is 1. The summed E-state index contributed by atoms with van der Waals surface area (Å²) in [7, 11) is 0. The Morgan fingerprint density at radius 1 is 1.33 bits per heavy atom. The van der Waals surface area contributed by atoms with Gasteiger partial charge in [-0.15, -0.1) is 0 Å². The normalized spacial score (nSPS) is 14.8. The maximum Gasteiger partial charge on any atom is 0.311 e. The zero-order chi connectivity index (χ0) is 15.2. The molecule has 1 aromatic carbocycles. The number of ether oxygens (including phenoxy) is 1. The lowest BCUT2D eigenvalue weighted by atomic mass is 10.1. The molecule has 7 nitrogen and oxygen atoms in total. The fourth-order valence-corrected chi connectivity index (χ4v) is 2.33. The predicted octanol–water partition coefficient (Wildman–Crippen LogP) is 1.44. The van der Waals surface area contributed by atoms with Crippen molar-refractivity contribution < 1.29 is 14.5 Å². The van der Waals surface area contributed by atoms with Gasteiger partial charge in [0.2, 0.25) is 0 Å². The summed E-state index contributed by atoms with van der Waals surface area (Å²) in [5.74, 6) is -0.0329. The molecule has 0 unspecified atom stereocenters. The molecule has 1 heterocycles. The molecular weight excluding hydrogens is 274 g/mol. The Balaban J connectivity index is 2.02. The number of nitrogens with zero attached hydrogens (tertiary/aromatic N) is 2. The predicted molar refractivity (Wildman–Crippen MR) is 76.9 cm³/mol. The molecule has 1 aliphatic rings. The van der Waals surface area contributed by atoms with Crippen molar-refractivity contribution in [2.45, 2.75) is 25.8 Å². The topological polar surface area (TPSA) is 98.7 Å². The SMILES string of the molecule is NCc1ccc(OCC(=O)N2CCCCC2)c([N+](=O)[O-])c1. The molecule has 114 valence electrons. The van der Waals surface area contributed by atoms with Crippen molar-refractivity contribution in [3.8, 4) is 5.75 Å². The van der Waals surface area contributed by atoms with E-state index in [0.717, 1.165) is 32.4 Å². The van der Waals surface area contributed by atoms with Gasteiger partial charge < -0.3 is 15.4 Å². The van der Waals surface area contributed by atoms with E-state index in [9.17, 15) is 14.9 Å². The maximum absolute atomic E-state index is 12.0. The minimum Gasteiger partial charge on any atom is -0.477 e. The van der Waals surface area contributed by atoms with E-state index in [1.165, 1.54) is 12.1 Å². The first-order valence-electron chi connectivity index (χ1n) is 7.00. The van der Waals surface area contributed by atoms with Crippen molar-refractivity contribution >= 4 is 11.6 Å². The molecule has 1 amide bonds. The fraction of sp³-hybridized carbons (Fsp3) is 0.500. The molecule has 0 atom stereocenters. The van der Waals surface area contributed by atoms with Crippen LogP contribution in [0.4, 0.5) is 5.69 Å². The van der Waals surface area contributed by atoms with Gasteiger partial charge in [-0.25, -0.2) is 0 Å². The van der Waals surface area contributed by atoms with Gasteiger partial charge in [-0.2, -0.15) is 0 Å². The van der Waals surface area contributed by atoms with Crippen LogP contribution in [0.2, 0.25) is 0 Å². The second-order valence-electron chi connectivity index (χ2n) is 4.99. The molecule has 0 saturated carbocycles. The van der Waals surface area contributed by atoms with E-state index in [-0.39, 0.29) is 30.5 Å². The molecule has 0 aliphatic carbocycles. The van der Waals surface area contributed by atoms with Crippen LogP contribution in [0.1, 0.15) is 24.8 Å². The van der Waals surface area contributed by atoms with Gasteiger partial charge in [0.1, 0.15) is 0 Å². The van der Waals surface area contributed by atoms with E-state index in [2.05, 4.69) is 0 Å². The van der Waals surface area contributed by atoms with Crippen molar-refractivity contribution in [2.24, 2.45) is 5.73 Å². The molecule has 1 aromatic rings. The largest absolute Gasteiger partial charge is 0.477 e. The van der Waals surface area contributed by atoms with Gasteiger partial charge in [-0.05, 0) is 30.9 Å². The first-order chi connectivity index (χ1) is 10.1. The number of amides is 1. The quantitative estimate of drug-likeness (QED) is 0.654. The molecule has 2 rings (SSSR count). The lowest BCUT2D eigenvalue weighted by Crippen LogP contribution is -2.38. The lowest BCUT2D eigenvalue weighted by Gasteiger charge is -2.26. The van der Waals surface area contributed by atoms with Crippen LogP contribution in [0.5, 0.6) is 5.75 Å². The number of likely N-dealkylation sites (tertiary alicyclic amines) is 1. The summed E-state index contributed by atoms with van der Waals surface area (Å²) in [5.41, 5.74) is 5.95. The van der Waals surface area contributed by atoms with Crippen LogP contribution in [0.15, 0.2) is 18.2 Å². The first kappa shape index (κ1) is 15.2. The van der Waals surface area contributed by atoms with E-state index in [1.807, 2.05) is 0 Å². The summed E-state index contributed by atoms with van der Waals surface area (Å²) in [4.78, 5) is 24.2. The highest BCUT2D eigenvalue weighted by Gasteiger charge is 2.20. The number of nitro groups is 1. The number of benzene rings is 1. The van der Waals surface area contributed by atoms with Gasteiger partial charge in [0.15, 0.2) is 12.4 Å². The number of rotatable bonds is 5. The molecule has 1 saturated heterocycles. The van der Waals surface area contributed by atoms with Crippen LogP contribution in [0, 0.1) is 10.1 Å². The zero-order valence-corrected chi connectivity index (χ0v) is 11.8. The van der Waals surface area contributed by atoms with Gasteiger partial charge in [-0.1, -0.05) is 6.07 Å². The summed E-state index contributed by atoms with van der Waals surface area (Å²) in [6, 6.07) is 4.53. The summed E-state index contributed by atoms with van der Waals surface area (Å²) >= 11 is 0. The fourth-order valence-electron chi connectivity index (χ4n) is 2.33. The summed E-state index contributed by atoms with van der Waals surface area (Å²) in [6.07, 6.45) is 3.13. The van der Waals surface area contributed by atoms with Crippen molar-refractivity contribution in [3.05, 3.63) is 33.9 Å². The van der Waals surface area contributed by atoms with Gasteiger partial charge in [0.05, 0.1) is 4.92 Å². The minimum atomic E-state index is -0.528. The van der Waals surface area contributed by atoms with E-state index in [0.29, 0.717) is 5.56 Å². The highest BCUT2D eigenvalue weighted by atomic mass is 16.6. The van der Waals surface area contributed by atoms with Crippen LogP contribution >= 0.6 is 0 Å². The number of hydrogen-bond donors (Lipinski definition) is 1. The number of nitrogens with two attached hydrogens (primary N) is 1. The van der Waals surface area contributed by atoms with Crippen molar-refractivity contribution in [2.75, 3.05) is 19.7 Å². The van der Waals surface area contributed by atoms with E-state index >= 15 is 0 Å². The Labute approximate surface area is 122 Å². The Morgan fingerprint density at radius 3 is 2.67 bits per heavy atom. The third kappa shape index (κ3) is 3.91. The average Bonchev–Trinajstić information content (AvgIpc) is 2.53. The highest BCUT2D eigenvalue weighted by Crippen LogP contribution is 2.28. The molecular formula is C14H19N3O4. The summed E-state index contributed by atoms with van der Waals surface area (Å²) in [5, 5.41) is 11.0. The van der Waals surface area contributed by atoms with Gasteiger partial charge >= 0.3 is 5.69 Å². The smallest absolute Gasteiger partial charge is 0.311 e. The molecule has 21 heavy (non-hydrogen) atoms. The van der Waals surface area contributed by atoms with Crippen molar-refractivity contribution in [1.82, 2.24) is 4.90 Å². The number of nitro benzene ring substituents is 1. The molecule has 1 aliphatic heterocycles. The van der Waals surface area contributed by atoms with Crippen LogP contribution < -0.4 is 10.5 Å². The number of carbonyl (C=O) groups excluding carboxylic acids is 1. The van der Waals surface area contributed by atoms with Crippen molar-refractivity contribution in [3.63, 3.8) is 0 Å². The number of hydrogen-bond acceptors (Lipinski definition) is 5. The van der Waals surface area contributed by atoms with E-state index in [1.54, 1.807) is 11.0 Å². The zero-order valence-electron chi connectivity index (χ0n) is 11.8. The Morgan fingerprint density at radius 2 is 2.05 bits per heavy atom. The first-order valence-corrected chi connectivity index (χ1v) is 7.00. The third-order valence-electron chi connectivity index (χ3n) is 3.52. The average molecular weight is 293 g/mol. The molecule has 0 aromatic heterocycles. The van der Waals surface area contributed by atoms with E-state index in [4.69, 9.17) is 10.5 Å². The van der Waals surface area contributed by atoms with Gasteiger partial charge in [0.25, 0.3) is 5.91 Å². The molecule has 1 fully saturated rings. The Hall–Kier alpha value is -2.15. The van der Waals surface area contributed by atoms with E-state index < -0.39 is 4.92 Å². The number of carbonyl (C=O) groups is 1. The maximum atomic E-state index is 12.0. The third-order valence-corrected chi connectivity index (χ3v) is 3.52. The monoisotopic (exact) mass is 293 g/mol. The lowest BCUT2D eigenvalue weighted by molar-refractivity contribution is -0.385. The molecule has 0 radical (unpaired) electrons. The summed E-state index contributed by atoms with van der Waals surface area (Å²) in [6.45, 7) is 1.50.